The Bertz CT molecular complexity index is 606. The number of amides is 1. The van der Waals surface area contributed by atoms with Gasteiger partial charge in [0.15, 0.2) is 5.69 Å². The van der Waals surface area contributed by atoms with Crippen LogP contribution in [0.4, 0.5) is 4.39 Å². The summed E-state index contributed by atoms with van der Waals surface area (Å²) in [6, 6.07) is 5.56. The van der Waals surface area contributed by atoms with Gasteiger partial charge in [-0.1, -0.05) is 0 Å². The van der Waals surface area contributed by atoms with E-state index >= 15 is 0 Å². The number of halogens is 1. The maximum atomic E-state index is 13.3. The molecule has 100 valence electrons. The van der Waals surface area contributed by atoms with E-state index in [-0.39, 0.29) is 17.8 Å². The molecule has 2 rings (SSSR count). The van der Waals surface area contributed by atoms with E-state index in [4.69, 9.17) is 5.73 Å². The summed E-state index contributed by atoms with van der Waals surface area (Å²) in [5.41, 5.74) is 7.41. The lowest BCUT2D eigenvalue weighted by Crippen LogP contribution is -2.19. The molecular formula is C13H15FN4O. The van der Waals surface area contributed by atoms with Gasteiger partial charge in [0.25, 0.3) is 5.91 Å². The summed E-state index contributed by atoms with van der Waals surface area (Å²) in [5.74, 6) is -0.627. The molecule has 6 heteroatoms. The molecule has 1 amide bonds. The highest BCUT2D eigenvalue weighted by Crippen LogP contribution is 2.21. The topological polar surface area (TPSA) is 72.9 Å². The first kappa shape index (κ1) is 13.2. The molecule has 0 saturated heterocycles. The SMILES string of the molecule is CNC(=O)c1ccn(-c2ccc(F)cc2C(C)N)n1. The van der Waals surface area contributed by atoms with Gasteiger partial charge in [0.2, 0.25) is 0 Å². The van der Waals surface area contributed by atoms with E-state index in [0.717, 1.165) is 0 Å². The molecule has 1 heterocycles. The monoisotopic (exact) mass is 262 g/mol. The van der Waals surface area contributed by atoms with Gasteiger partial charge in [-0.15, -0.1) is 0 Å². The van der Waals surface area contributed by atoms with Crippen LogP contribution in [0.2, 0.25) is 0 Å². The number of nitrogens with one attached hydrogen (secondary N) is 1. The third kappa shape index (κ3) is 2.63. The highest BCUT2D eigenvalue weighted by Gasteiger charge is 2.13. The van der Waals surface area contributed by atoms with Crippen molar-refractivity contribution in [3.8, 4) is 5.69 Å². The van der Waals surface area contributed by atoms with E-state index in [0.29, 0.717) is 16.9 Å². The van der Waals surface area contributed by atoms with Crippen molar-refractivity contribution in [2.24, 2.45) is 5.73 Å². The molecule has 0 aliphatic heterocycles. The minimum Gasteiger partial charge on any atom is -0.354 e. The van der Waals surface area contributed by atoms with E-state index in [1.807, 2.05) is 0 Å². The van der Waals surface area contributed by atoms with Crippen molar-refractivity contribution in [2.75, 3.05) is 7.05 Å². The van der Waals surface area contributed by atoms with Crippen molar-refractivity contribution in [3.05, 3.63) is 47.5 Å². The summed E-state index contributed by atoms with van der Waals surface area (Å²) < 4.78 is 14.8. The van der Waals surface area contributed by atoms with Gasteiger partial charge in [0.1, 0.15) is 5.82 Å². The lowest BCUT2D eigenvalue weighted by Gasteiger charge is -2.12. The number of benzene rings is 1. The second-order valence-electron chi connectivity index (χ2n) is 4.22. The van der Waals surface area contributed by atoms with Gasteiger partial charge in [0, 0.05) is 19.3 Å². The van der Waals surface area contributed by atoms with Crippen LogP contribution in [0.15, 0.2) is 30.5 Å². The van der Waals surface area contributed by atoms with Crippen LogP contribution < -0.4 is 11.1 Å². The molecule has 0 radical (unpaired) electrons. The summed E-state index contributed by atoms with van der Waals surface area (Å²) in [4.78, 5) is 11.5. The Balaban J connectivity index is 2.47. The van der Waals surface area contributed by atoms with Crippen molar-refractivity contribution in [2.45, 2.75) is 13.0 Å². The second kappa shape index (κ2) is 5.19. The molecule has 0 saturated carbocycles. The third-order valence-electron chi connectivity index (χ3n) is 2.78. The molecule has 5 nitrogen and oxygen atoms in total. The van der Waals surface area contributed by atoms with Gasteiger partial charge in [-0.25, -0.2) is 9.07 Å². The zero-order chi connectivity index (χ0) is 14.0. The molecule has 1 atom stereocenters. The van der Waals surface area contributed by atoms with E-state index in [2.05, 4.69) is 10.4 Å². The standard InChI is InChI=1S/C13H15FN4O/c1-8(15)10-7-9(14)3-4-12(10)18-6-5-11(17-18)13(19)16-2/h3-8H,15H2,1-2H3,(H,16,19). The van der Waals surface area contributed by atoms with Gasteiger partial charge in [-0.3, -0.25) is 4.79 Å². The first-order chi connectivity index (χ1) is 9.02. The smallest absolute Gasteiger partial charge is 0.271 e. The van der Waals surface area contributed by atoms with Gasteiger partial charge in [0.05, 0.1) is 5.69 Å². The van der Waals surface area contributed by atoms with Gasteiger partial charge in [-0.2, -0.15) is 5.10 Å². The molecule has 1 aromatic carbocycles. The predicted octanol–water partition coefficient (Wildman–Crippen LogP) is 1.39. The van der Waals surface area contributed by atoms with E-state index in [9.17, 15) is 9.18 Å². The quantitative estimate of drug-likeness (QED) is 0.878. The van der Waals surface area contributed by atoms with Crippen molar-refractivity contribution in [3.63, 3.8) is 0 Å². The molecule has 19 heavy (non-hydrogen) atoms. The van der Waals surface area contributed by atoms with Crippen LogP contribution in [0.3, 0.4) is 0 Å². The van der Waals surface area contributed by atoms with Gasteiger partial charge in [-0.05, 0) is 36.8 Å². The van der Waals surface area contributed by atoms with Crippen molar-refractivity contribution >= 4 is 5.91 Å². The fourth-order valence-corrected chi connectivity index (χ4v) is 1.81. The Morgan fingerprint density at radius 2 is 2.21 bits per heavy atom. The Morgan fingerprint density at radius 1 is 1.47 bits per heavy atom. The highest BCUT2D eigenvalue weighted by atomic mass is 19.1. The van der Waals surface area contributed by atoms with Crippen molar-refractivity contribution < 1.29 is 9.18 Å². The average Bonchev–Trinajstić information content (AvgIpc) is 2.87. The number of hydrogen-bond acceptors (Lipinski definition) is 3. The number of nitrogens with zero attached hydrogens (tertiary/aromatic N) is 2. The number of aromatic nitrogens is 2. The zero-order valence-corrected chi connectivity index (χ0v) is 10.7. The van der Waals surface area contributed by atoms with Gasteiger partial charge < -0.3 is 11.1 Å². The van der Waals surface area contributed by atoms with Crippen molar-refractivity contribution in [1.82, 2.24) is 15.1 Å². The number of hydrogen-bond donors (Lipinski definition) is 2. The minimum absolute atomic E-state index is 0.275. The Hall–Kier alpha value is -2.21. The zero-order valence-electron chi connectivity index (χ0n) is 10.7. The molecule has 0 fully saturated rings. The molecule has 3 N–H and O–H groups in total. The Labute approximate surface area is 110 Å². The van der Waals surface area contributed by atoms with E-state index < -0.39 is 0 Å². The maximum Gasteiger partial charge on any atom is 0.271 e. The first-order valence-electron chi connectivity index (χ1n) is 5.86. The number of carbonyl (C=O) groups is 1. The third-order valence-corrected chi connectivity index (χ3v) is 2.78. The predicted molar refractivity (Wildman–Crippen MR) is 69.5 cm³/mol. The molecular weight excluding hydrogens is 247 g/mol. The van der Waals surface area contributed by atoms with Crippen LogP contribution in [-0.2, 0) is 0 Å². The maximum absolute atomic E-state index is 13.3. The van der Waals surface area contributed by atoms with Crippen LogP contribution in [0.1, 0.15) is 29.0 Å². The fraction of sp³-hybridized carbons (Fsp3) is 0.231. The second-order valence-corrected chi connectivity index (χ2v) is 4.22. The summed E-state index contributed by atoms with van der Waals surface area (Å²) in [5, 5.41) is 6.64. The molecule has 0 spiro atoms. The number of rotatable bonds is 3. The van der Waals surface area contributed by atoms with Crippen LogP contribution in [0, 0.1) is 5.82 Å². The highest BCUT2D eigenvalue weighted by molar-refractivity contribution is 5.91. The summed E-state index contributed by atoms with van der Waals surface area (Å²) in [7, 11) is 1.53. The lowest BCUT2D eigenvalue weighted by molar-refractivity contribution is 0.0957. The fourth-order valence-electron chi connectivity index (χ4n) is 1.81. The minimum atomic E-state index is -0.352. The first-order valence-corrected chi connectivity index (χ1v) is 5.86. The van der Waals surface area contributed by atoms with E-state index in [1.54, 1.807) is 25.3 Å². The molecule has 0 aliphatic carbocycles. The van der Waals surface area contributed by atoms with Crippen LogP contribution in [0.25, 0.3) is 5.69 Å². The van der Waals surface area contributed by atoms with E-state index in [1.165, 1.54) is 23.9 Å². The number of carbonyl (C=O) groups excluding carboxylic acids is 1. The normalized spacial score (nSPS) is 12.2. The molecule has 1 aromatic heterocycles. The molecule has 0 aliphatic rings. The summed E-state index contributed by atoms with van der Waals surface area (Å²) in [6.45, 7) is 1.77. The van der Waals surface area contributed by atoms with Gasteiger partial charge >= 0.3 is 0 Å². The summed E-state index contributed by atoms with van der Waals surface area (Å²) in [6.07, 6.45) is 1.64. The van der Waals surface area contributed by atoms with Crippen molar-refractivity contribution in [1.29, 1.82) is 0 Å². The van der Waals surface area contributed by atoms with Crippen LogP contribution in [0.5, 0.6) is 0 Å². The van der Waals surface area contributed by atoms with Crippen LogP contribution in [-0.4, -0.2) is 22.7 Å². The Morgan fingerprint density at radius 3 is 2.84 bits per heavy atom. The molecule has 0 bridgehead atoms. The average molecular weight is 262 g/mol. The largest absolute Gasteiger partial charge is 0.354 e. The summed E-state index contributed by atoms with van der Waals surface area (Å²) >= 11 is 0. The molecule has 1 unspecified atom stereocenters. The Kier molecular flexibility index (Phi) is 3.62. The number of nitrogens with two attached hydrogens (primary N) is 1. The lowest BCUT2D eigenvalue weighted by atomic mass is 10.1. The molecule has 2 aromatic rings. The van der Waals surface area contributed by atoms with Crippen LogP contribution >= 0.6 is 0 Å².